The van der Waals surface area contributed by atoms with Crippen LogP contribution in [0.2, 0.25) is 0 Å². The lowest BCUT2D eigenvalue weighted by Crippen LogP contribution is -2.32. The number of aromatic nitrogens is 2. The summed E-state index contributed by atoms with van der Waals surface area (Å²) >= 11 is 0. The summed E-state index contributed by atoms with van der Waals surface area (Å²) in [5, 5.41) is 10.7. The molecule has 0 saturated carbocycles. The second-order valence-electron chi connectivity index (χ2n) is 7.44. The fourth-order valence-corrected chi connectivity index (χ4v) is 3.30. The molecule has 0 aliphatic rings. The Morgan fingerprint density at radius 1 is 0.839 bits per heavy atom. The van der Waals surface area contributed by atoms with Gasteiger partial charge in [-0.2, -0.15) is 0 Å². The predicted molar refractivity (Wildman–Crippen MR) is 120 cm³/mol. The molecule has 31 heavy (non-hydrogen) atoms. The normalized spacial score (nSPS) is 10.9. The molecule has 1 aromatic heterocycles. The van der Waals surface area contributed by atoms with Gasteiger partial charge < -0.3 is 4.42 Å². The van der Waals surface area contributed by atoms with Crippen molar-refractivity contribution in [2.24, 2.45) is 0 Å². The number of carbonyl (C=O) groups is 1. The lowest BCUT2D eigenvalue weighted by atomic mass is 10.1. The first-order valence-corrected chi connectivity index (χ1v) is 10.2. The van der Waals surface area contributed by atoms with Crippen molar-refractivity contribution < 1.29 is 9.21 Å². The van der Waals surface area contributed by atoms with E-state index in [1.54, 1.807) is 0 Å². The Morgan fingerprint density at radius 2 is 1.42 bits per heavy atom. The van der Waals surface area contributed by atoms with E-state index in [-0.39, 0.29) is 18.5 Å². The van der Waals surface area contributed by atoms with Gasteiger partial charge in [-0.05, 0) is 30.2 Å². The second-order valence-corrected chi connectivity index (χ2v) is 7.44. The van der Waals surface area contributed by atoms with Gasteiger partial charge in [0.25, 0.3) is 0 Å². The number of anilines is 1. The molecule has 3 aromatic carbocycles. The molecule has 4 rings (SSSR count). The molecule has 1 amide bonds. The maximum atomic E-state index is 12.7. The van der Waals surface area contributed by atoms with Crippen molar-refractivity contribution in [3.63, 3.8) is 0 Å². The van der Waals surface area contributed by atoms with Gasteiger partial charge in [-0.15, -0.1) is 5.10 Å². The standard InChI is InChI=1S/C25H24N4O2/c1-19-12-14-22(15-13-19)24-27-28-25(31-24)26-23(30)18-29(16-20-8-4-2-5-9-20)17-21-10-6-3-7-11-21/h2-15H,16-18H2,1H3,(H,26,28,30). The van der Waals surface area contributed by atoms with Crippen LogP contribution < -0.4 is 5.32 Å². The zero-order valence-corrected chi connectivity index (χ0v) is 17.4. The average molecular weight is 412 g/mol. The fraction of sp³-hybridized carbons (Fsp3) is 0.160. The lowest BCUT2D eigenvalue weighted by Gasteiger charge is -2.21. The van der Waals surface area contributed by atoms with Crippen molar-refractivity contribution in [2.75, 3.05) is 11.9 Å². The van der Waals surface area contributed by atoms with Crippen LogP contribution in [0.25, 0.3) is 11.5 Å². The molecular weight excluding hydrogens is 388 g/mol. The van der Waals surface area contributed by atoms with Crippen LogP contribution in [0.3, 0.4) is 0 Å². The Kier molecular flexibility index (Phi) is 6.50. The highest BCUT2D eigenvalue weighted by Crippen LogP contribution is 2.20. The third-order valence-corrected chi connectivity index (χ3v) is 4.84. The molecule has 0 spiro atoms. The summed E-state index contributed by atoms with van der Waals surface area (Å²) in [6.45, 7) is 3.52. The maximum Gasteiger partial charge on any atom is 0.322 e. The molecule has 0 saturated heterocycles. The Bertz CT molecular complexity index is 1070. The van der Waals surface area contributed by atoms with E-state index in [4.69, 9.17) is 4.42 Å². The fourth-order valence-electron chi connectivity index (χ4n) is 3.30. The molecule has 0 unspecified atom stereocenters. The van der Waals surface area contributed by atoms with Crippen LogP contribution in [-0.4, -0.2) is 27.5 Å². The second kappa shape index (κ2) is 9.82. The van der Waals surface area contributed by atoms with Gasteiger partial charge >= 0.3 is 6.01 Å². The van der Waals surface area contributed by atoms with Crippen LogP contribution in [0, 0.1) is 6.92 Å². The van der Waals surface area contributed by atoms with Gasteiger partial charge in [-0.25, -0.2) is 0 Å². The third kappa shape index (κ3) is 5.87. The van der Waals surface area contributed by atoms with Crippen molar-refractivity contribution >= 4 is 11.9 Å². The van der Waals surface area contributed by atoms with Gasteiger partial charge in [0.15, 0.2) is 0 Å². The van der Waals surface area contributed by atoms with Gasteiger partial charge in [-0.3, -0.25) is 15.0 Å². The number of benzene rings is 3. The van der Waals surface area contributed by atoms with Crippen LogP contribution in [0.5, 0.6) is 0 Å². The number of amides is 1. The van der Waals surface area contributed by atoms with E-state index >= 15 is 0 Å². The molecule has 1 heterocycles. The molecule has 0 fully saturated rings. The molecule has 6 heteroatoms. The van der Waals surface area contributed by atoms with Crippen molar-refractivity contribution in [3.05, 3.63) is 102 Å². The summed E-state index contributed by atoms with van der Waals surface area (Å²) in [6.07, 6.45) is 0. The number of aryl methyl sites for hydroxylation is 1. The first-order valence-electron chi connectivity index (χ1n) is 10.2. The van der Waals surface area contributed by atoms with E-state index < -0.39 is 0 Å². The minimum Gasteiger partial charge on any atom is -0.403 e. The summed E-state index contributed by atoms with van der Waals surface area (Å²) in [6, 6.07) is 28.1. The van der Waals surface area contributed by atoms with Gasteiger partial charge in [0, 0.05) is 18.7 Å². The largest absolute Gasteiger partial charge is 0.403 e. The molecule has 0 radical (unpaired) electrons. The Hall–Kier alpha value is -3.77. The molecule has 6 nitrogen and oxygen atoms in total. The Labute approximate surface area is 181 Å². The van der Waals surface area contributed by atoms with Gasteiger partial charge in [0.2, 0.25) is 11.8 Å². The van der Waals surface area contributed by atoms with E-state index in [1.165, 1.54) is 0 Å². The number of hydrogen-bond donors (Lipinski definition) is 1. The number of nitrogens with one attached hydrogen (secondary N) is 1. The predicted octanol–water partition coefficient (Wildman–Crippen LogP) is 4.69. The number of carbonyl (C=O) groups excluding carboxylic acids is 1. The average Bonchev–Trinajstić information content (AvgIpc) is 3.24. The van der Waals surface area contributed by atoms with Gasteiger partial charge in [-0.1, -0.05) is 83.5 Å². The summed E-state index contributed by atoms with van der Waals surface area (Å²) in [4.78, 5) is 14.8. The van der Waals surface area contributed by atoms with E-state index in [2.05, 4.69) is 44.7 Å². The van der Waals surface area contributed by atoms with Crippen LogP contribution in [0.1, 0.15) is 16.7 Å². The molecular formula is C25H24N4O2. The highest BCUT2D eigenvalue weighted by Gasteiger charge is 2.15. The summed E-state index contributed by atoms with van der Waals surface area (Å²) in [7, 11) is 0. The molecule has 0 atom stereocenters. The molecule has 156 valence electrons. The summed E-state index contributed by atoms with van der Waals surface area (Å²) in [5.74, 6) is 0.173. The van der Waals surface area contributed by atoms with Crippen LogP contribution >= 0.6 is 0 Å². The smallest absolute Gasteiger partial charge is 0.322 e. The van der Waals surface area contributed by atoms with Crippen LogP contribution in [0.15, 0.2) is 89.3 Å². The lowest BCUT2D eigenvalue weighted by molar-refractivity contribution is -0.117. The van der Waals surface area contributed by atoms with Crippen LogP contribution in [0.4, 0.5) is 6.01 Å². The molecule has 0 bridgehead atoms. The Morgan fingerprint density at radius 3 is 2.00 bits per heavy atom. The van der Waals surface area contributed by atoms with Crippen LogP contribution in [-0.2, 0) is 17.9 Å². The quantitative estimate of drug-likeness (QED) is 0.455. The molecule has 1 N–H and O–H groups in total. The monoisotopic (exact) mass is 412 g/mol. The zero-order valence-electron chi connectivity index (χ0n) is 17.4. The highest BCUT2D eigenvalue weighted by atomic mass is 16.4. The number of nitrogens with zero attached hydrogens (tertiary/aromatic N) is 3. The van der Waals surface area contributed by atoms with E-state index in [0.717, 1.165) is 22.3 Å². The topological polar surface area (TPSA) is 71.3 Å². The minimum atomic E-state index is -0.203. The van der Waals surface area contributed by atoms with Gasteiger partial charge in [0.1, 0.15) is 0 Å². The maximum absolute atomic E-state index is 12.7. The zero-order chi connectivity index (χ0) is 21.5. The first-order chi connectivity index (χ1) is 15.2. The van der Waals surface area contributed by atoms with E-state index in [1.807, 2.05) is 67.6 Å². The summed E-state index contributed by atoms with van der Waals surface area (Å²) in [5.41, 5.74) is 4.25. The molecule has 0 aliphatic carbocycles. The third-order valence-electron chi connectivity index (χ3n) is 4.84. The number of hydrogen-bond acceptors (Lipinski definition) is 5. The van der Waals surface area contributed by atoms with Crippen molar-refractivity contribution in [1.82, 2.24) is 15.1 Å². The summed E-state index contributed by atoms with van der Waals surface area (Å²) < 4.78 is 5.63. The van der Waals surface area contributed by atoms with Crippen molar-refractivity contribution in [1.29, 1.82) is 0 Å². The number of rotatable bonds is 8. The van der Waals surface area contributed by atoms with E-state index in [9.17, 15) is 4.79 Å². The van der Waals surface area contributed by atoms with Crippen molar-refractivity contribution in [2.45, 2.75) is 20.0 Å². The van der Waals surface area contributed by atoms with Crippen molar-refractivity contribution in [3.8, 4) is 11.5 Å². The Balaban J connectivity index is 1.42. The highest BCUT2D eigenvalue weighted by molar-refractivity contribution is 5.90. The van der Waals surface area contributed by atoms with Gasteiger partial charge in [0.05, 0.1) is 6.54 Å². The minimum absolute atomic E-state index is 0.0972. The molecule has 4 aromatic rings. The SMILES string of the molecule is Cc1ccc(-c2nnc(NC(=O)CN(Cc3ccccc3)Cc3ccccc3)o2)cc1. The van der Waals surface area contributed by atoms with E-state index in [0.29, 0.717) is 19.0 Å². The first kappa shape index (κ1) is 20.5. The molecule has 0 aliphatic heterocycles.